The van der Waals surface area contributed by atoms with Crippen molar-refractivity contribution >= 4 is 60.7 Å². The van der Waals surface area contributed by atoms with Crippen molar-refractivity contribution < 1.29 is 13.2 Å². The van der Waals surface area contributed by atoms with Gasteiger partial charge in [0.05, 0.1) is 31.7 Å². The molecule has 1 aliphatic carbocycles. The van der Waals surface area contributed by atoms with Crippen LogP contribution >= 0.6 is 34.5 Å². The number of nitrogens with zero attached hydrogens (tertiary/aromatic N) is 3. The van der Waals surface area contributed by atoms with E-state index in [9.17, 15) is 13.2 Å². The van der Waals surface area contributed by atoms with Crippen LogP contribution in [0, 0.1) is 12.3 Å². The van der Waals surface area contributed by atoms with Gasteiger partial charge in [0, 0.05) is 18.7 Å². The van der Waals surface area contributed by atoms with Crippen LogP contribution in [0.5, 0.6) is 0 Å². The van der Waals surface area contributed by atoms with E-state index in [0.717, 1.165) is 12.8 Å². The number of hydrogen-bond acceptors (Lipinski definition) is 4. The normalized spacial score (nSPS) is 14.9. The van der Waals surface area contributed by atoms with Crippen LogP contribution in [0.3, 0.4) is 0 Å². The van der Waals surface area contributed by atoms with Gasteiger partial charge in [-0.15, -0.1) is 6.42 Å². The molecule has 160 valence electrons. The largest absolute Gasteiger partial charge is 0.303 e. The van der Waals surface area contributed by atoms with E-state index in [1.165, 1.54) is 39.9 Å². The average molecular weight is 494 g/mol. The highest BCUT2D eigenvalue weighted by Crippen LogP contribution is 2.32. The Balaban J connectivity index is 1.72. The summed E-state index contributed by atoms with van der Waals surface area (Å²) >= 11 is 13.8. The zero-order valence-electron chi connectivity index (χ0n) is 16.4. The Hall–Kier alpha value is -2.15. The molecule has 1 fully saturated rings. The summed E-state index contributed by atoms with van der Waals surface area (Å²) in [7, 11) is -2.01. The number of thiazole rings is 1. The highest BCUT2D eigenvalue weighted by Gasteiger charge is 2.35. The van der Waals surface area contributed by atoms with Crippen molar-refractivity contribution in [2.24, 2.45) is 4.99 Å². The van der Waals surface area contributed by atoms with Crippen LogP contribution in [-0.2, 0) is 16.6 Å². The van der Waals surface area contributed by atoms with Gasteiger partial charge in [-0.3, -0.25) is 4.79 Å². The Morgan fingerprint density at radius 1 is 1.23 bits per heavy atom. The van der Waals surface area contributed by atoms with Crippen LogP contribution in [0.15, 0.2) is 46.3 Å². The van der Waals surface area contributed by atoms with Gasteiger partial charge in [-0.25, -0.2) is 8.42 Å². The maximum atomic E-state index is 12.8. The predicted molar refractivity (Wildman–Crippen MR) is 123 cm³/mol. The molecule has 10 heteroatoms. The van der Waals surface area contributed by atoms with E-state index in [0.29, 0.717) is 25.1 Å². The third kappa shape index (κ3) is 4.16. The quantitative estimate of drug-likeness (QED) is 0.500. The van der Waals surface area contributed by atoms with E-state index in [1.807, 2.05) is 0 Å². The minimum Gasteiger partial charge on any atom is -0.303 e. The summed E-state index contributed by atoms with van der Waals surface area (Å²) < 4.78 is 29.0. The van der Waals surface area contributed by atoms with Gasteiger partial charge in [0.25, 0.3) is 5.91 Å². The van der Waals surface area contributed by atoms with Crippen LogP contribution in [0.25, 0.3) is 10.2 Å². The molecular weight excluding hydrogens is 477 g/mol. The van der Waals surface area contributed by atoms with Gasteiger partial charge in [0.15, 0.2) is 4.80 Å². The molecule has 0 radical (unpaired) electrons. The molecule has 0 aliphatic heterocycles. The lowest BCUT2D eigenvalue weighted by Crippen LogP contribution is -2.28. The smallest absolute Gasteiger partial charge is 0.279 e. The monoisotopic (exact) mass is 493 g/mol. The fourth-order valence-corrected chi connectivity index (χ4v) is 6.22. The van der Waals surface area contributed by atoms with E-state index in [-0.39, 0.29) is 23.0 Å². The maximum absolute atomic E-state index is 12.8. The summed E-state index contributed by atoms with van der Waals surface area (Å²) in [4.78, 5) is 17.5. The van der Waals surface area contributed by atoms with Crippen molar-refractivity contribution in [3.63, 3.8) is 0 Å². The number of benzene rings is 2. The van der Waals surface area contributed by atoms with E-state index in [1.54, 1.807) is 23.7 Å². The minimum atomic E-state index is -3.58. The molecule has 2 aromatic carbocycles. The third-order valence-electron chi connectivity index (χ3n) is 5.01. The SMILES string of the molecule is C#CCn1c(=NC(=O)c2ccc(S(=O)(=O)N(C)C3CC3)cc2)sc2c(Cl)ccc(Cl)c21. The van der Waals surface area contributed by atoms with Gasteiger partial charge >= 0.3 is 0 Å². The van der Waals surface area contributed by atoms with Crippen molar-refractivity contribution in [1.82, 2.24) is 8.87 Å². The zero-order valence-corrected chi connectivity index (χ0v) is 19.5. The molecule has 1 aromatic heterocycles. The standard InChI is InChI=1S/C21H17Cl2N3O3S2/c1-3-12-26-18-16(22)10-11-17(23)19(18)30-21(26)24-20(27)13-4-8-15(9-5-13)31(28,29)25(2)14-6-7-14/h1,4-5,8-11,14H,6-7,12H2,2H3. The van der Waals surface area contributed by atoms with Crippen molar-refractivity contribution in [3.05, 3.63) is 56.8 Å². The first-order valence-corrected chi connectivity index (χ1v) is 12.3. The van der Waals surface area contributed by atoms with Gasteiger partial charge in [-0.1, -0.05) is 40.5 Å². The lowest BCUT2D eigenvalue weighted by Gasteiger charge is -2.16. The average Bonchev–Trinajstić information content (AvgIpc) is 3.54. The highest BCUT2D eigenvalue weighted by atomic mass is 35.5. The second-order valence-electron chi connectivity index (χ2n) is 7.08. The Bertz CT molecular complexity index is 1400. The molecule has 0 spiro atoms. The Morgan fingerprint density at radius 3 is 2.48 bits per heavy atom. The van der Waals surface area contributed by atoms with E-state index in [2.05, 4.69) is 10.9 Å². The lowest BCUT2D eigenvalue weighted by molar-refractivity contribution is 0.0998. The van der Waals surface area contributed by atoms with Crippen LogP contribution in [0.1, 0.15) is 23.2 Å². The number of aromatic nitrogens is 1. The molecule has 6 nitrogen and oxygen atoms in total. The molecule has 0 N–H and O–H groups in total. The number of rotatable bonds is 5. The second kappa shape index (κ2) is 8.41. The first-order valence-electron chi connectivity index (χ1n) is 9.32. The third-order valence-corrected chi connectivity index (χ3v) is 8.78. The van der Waals surface area contributed by atoms with Crippen LogP contribution < -0.4 is 4.80 Å². The molecule has 1 saturated carbocycles. The first kappa shape index (κ1) is 22.1. The Kier molecular flexibility index (Phi) is 5.99. The highest BCUT2D eigenvalue weighted by molar-refractivity contribution is 7.89. The van der Waals surface area contributed by atoms with E-state index in [4.69, 9.17) is 29.6 Å². The van der Waals surface area contributed by atoms with Gasteiger partial charge in [0.2, 0.25) is 10.0 Å². The van der Waals surface area contributed by atoms with Crippen LogP contribution in [0.2, 0.25) is 10.0 Å². The molecule has 0 saturated heterocycles. The minimum absolute atomic E-state index is 0.0551. The van der Waals surface area contributed by atoms with Crippen molar-refractivity contribution in [2.45, 2.75) is 30.3 Å². The molecule has 1 amide bonds. The number of carbonyl (C=O) groups excluding carboxylic acids is 1. The summed E-state index contributed by atoms with van der Waals surface area (Å²) in [6, 6.07) is 9.15. The molecule has 1 aliphatic rings. The lowest BCUT2D eigenvalue weighted by atomic mass is 10.2. The Labute approximate surface area is 193 Å². The van der Waals surface area contributed by atoms with Gasteiger partial charge < -0.3 is 4.57 Å². The second-order valence-corrected chi connectivity index (χ2v) is 10.9. The predicted octanol–water partition coefficient (Wildman–Crippen LogP) is 4.17. The number of hydrogen-bond donors (Lipinski definition) is 0. The summed E-state index contributed by atoms with van der Waals surface area (Å²) in [5.41, 5.74) is 0.878. The van der Waals surface area contributed by atoms with Crippen LogP contribution in [-0.4, -0.2) is 36.3 Å². The van der Waals surface area contributed by atoms with Crippen molar-refractivity contribution in [1.29, 1.82) is 0 Å². The number of sulfonamides is 1. The molecule has 4 rings (SSSR count). The molecule has 31 heavy (non-hydrogen) atoms. The molecule has 0 unspecified atom stereocenters. The Morgan fingerprint density at radius 2 is 1.87 bits per heavy atom. The molecule has 0 atom stereocenters. The fourth-order valence-electron chi connectivity index (χ4n) is 3.16. The molecule has 0 bridgehead atoms. The maximum Gasteiger partial charge on any atom is 0.279 e. The van der Waals surface area contributed by atoms with E-state index >= 15 is 0 Å². The number of halogens is 2. The van der Waals surface area contributed by atoms with Crippen LogP contribution in [0.4, 0.5) is 0 Å². The number of carbonyl (C=O) groups is 1. The number of amides is 1. The summed E-state index contributed by atoms with van der Waals surface area (Å²) in [5, 5.41) is 0.938. The number of fused-ring (bicyclic) bond motifs is 1. The van der Waals surface area contributed by atoms with Gasteiger partial charge in [-0.2, -0.15) is 9.30 Å². The van der Waals surface area contributed by atoms with Gasteiger partial charge in [-0.05, 0) is 49.2 Å². The van der Waals surface area contributed by atoms with Gasteiger partial charge in [0.1, 0.15) is 0 Å². The molecule has 1 heterocycles. The van der Waals surface area contributed by atoms with Crippen molar-refractivity contribution in [3.8, 4) is 12.3 Å². The number of terminal acetylenes is 1. The summed E-state index contributed by atoms with van der Waals surface area (Å²) in [6.07, 6.45) is 7.22. The first-order chi connectivity index (χ1) is 14.7. The van der Waals surface area contributed by atoms with Crippen molar-refractivity contribution in [2.75, 3.05) is 7.05 Å². The molecular formula is C21H17Cl2N3O3S2. The molecule has 3 aromatic rings. The summed E-state index contributed by atoms with van der Waals surface area (Å²) in [6.45, 7) is 0.164. The zero-order chi connectivity index (χ0) is 22.3. The summed E-state index contributed by atoms with van der Waals surface area (Å²) in [5.74, 6) is 2.01. The fraction of sp³-hybridized carbons (Fsp3) is 0.238. The van der Waals surface area contributed by atoms with E-state index < -0.39 is 15.9 Å². The topological polar surface area (TPSA) is 71.7 Å².